The highest BCUT2D eigenvalue weighted by Gasteiger charge is 2.34. The molecule has 2 aromatic carbocycles. The Kier molecular flexibility index (Phi) is 7.48. The Bertz CT molecular complexity index is 1140. The minimum absolute atomic E-state index is 0.0233. The molecule has 3 heterocycles. The van der Waals surface area contributed by atoms with E-state index in [1.165, 1.54) is 5.56 Å². The fourth-order valence-electron chi connectivity index (χ4n) is 4.69. The number of aromatic nitrogens is 3. The molecule has 35 heavy (non-hydrogen) atoms. The Morgan fingerprint density at radius 3 is 2.46 bits per heavy atom. The summed E-state index contributed by atoms with van der Waals surface area (Å²) in [6.45, 7) is 7.54. The minimum atomic E-state index is 0.0233. The third kappa shape index (κ3) is 5.13. The number of benzene rings is 2. The predicted molar refractivity (Wildman–Crippen MR) is 140 cm³/mol. The maximum absolute atomic E-state index is 5.38. The summed E-state index contributed by atoms with van der Waals surface area (Å²) in [6, 6.07) is 18.9. The number of ether oxygens (including phenoxy) is 1. The van der Waals surface area contributed by atoms with Gasteiger partial charge in [0.15, 0.2) is 5.82 Å². The molecule has 0 aliphatic carbocycles. The summed E-state index contributed by atoms with van der Waals surface area (Å²) in [7, 11) is 1.69. The van der Waals surface area contributed by atoms with Crippen molar-refractivity contribution in [3.05, 3.63) is 71.5 Å². The molecule has 0 radical (unpaired) electrons. The summed E-state index contributed by atoms with van der Waals surface area (Å²) >= 11 is 1.76. The van der Waals surface area contributed by atoms with E-state index < -0.39 is 0 Å². The predicted octanol–water partition coefficient (Wildman–Crippen LogP) is 4.03. The smallest absolute Gasteiger partial charge is 0.212 e. The lowest BCUT2D eigenvalue weighted by molar-refractivity contribution is 0.302. The SMILES string of the molecule is CCN(CC)CCC1Sc2nnc(C3CC(c4ccccc4)NN3)n2N=C1c1ccc(OC)cc1. The van der Waals surface area contributed by atoms with Gasteiger partial charge in [-0.3, -0.25) is 0 Å². The van der Waals surface area contributed by atoms with Crippen LogP contribution in [-0.4, -0.2) is 57.5 Å². The molecule has 5 rings (SSSR count). The highest BCUT2D eigenvalue weighted by molar-refractivity contribution is 8.00. The van der Waals surface area contributed by atoms with Crippen molar-refractivity contribution >= 4 is 17.5 Å². The number of fused-ring (bicyclic) bond motifs is 1. The molecule has 2 N–H and O–H groups in total. The topological polar surface area (TPSA) is 79.6 Å². The van der Waals surface area contributed by atoms with E-state index in [1.54, 1.807) is 18.9 Å². The van der Waals surface area contributed by atoms with E-state index in [9.17, 15) is 0 Å². The lowest BCUT2D eigenvalue weighted by Crippen LogP contribution is -2.32. The van der Waals surface area contributed by atoms with Gasteiger partial charge in [0.05, 0.1) is 24.1 Å². The van der Waals surface area contributed by atoms with Crippen LogP contribution in [0.4, 0.5) is 0 Å². The number of thioether (sulfide) groups is 1. The van der Waals surface area contributed by atoms with E-state index in [-0.39, 0.29) is 17.3 Å². The third-order valence-corrected chi connectivity index (χ3v) is 8.01. The first-order valence-electron chi connectivity index (χ1n) is 12.3. The Balaban J connectivity index is 1.43. The van der Waals surface area contributed by atoms with E-state index in [0.29, 0.717) is 0 Å². The molecule has 1 saturated heterocycles. The number of nitrogens with zero attached hydrogens (tertiary/aromatic N) is 5. The van der Waals surface area contributed by atoms with Crippen LogP contribution in [0.2, 0.25) is 0 Å². The van der Waals surface area contributed by atoms with Crippen molar-refractivity contribution in [1.29, 1.82) is 0 Å². The summed E-state index contributed by atoms with van der Waals surface area (Å²) in [5.41, 5.74) is 10.3. The standard InChI is InChI=1S/C26H33N7OS/c1-4-32(5-2)16-15-23-24(19-11-13-20(34-3)14-12-19)31-33-25(29-30-26(33)35-23)22-17-21(27-28-22)18-9-7-6-8-10-18/h6-14,21-23,27-28H,4-5,15-17H2,1-3H3. The van der Waals surface area contributed by atoms with E-state index in [2.05, 4.69) is 76.2 Å². The van der Waals surface area contributed by atoms with Gasteiger partial charge in [0.1, 0.15) is 5.75 Å². The van der Waals surface area contributed by atoms with Crippen molar-refractivity contribution in [2.75, 3.05) is 26.7 Å². The van der Waals surface area contributed by atoms with Crippen LogP contribution in [0.5, 0.6) is 5.75 Å². The van der Waals surface area contributed by atoms with Crippen molar-refractivity contribution in [2.45, 2.75) is 49.2 Å². The van der Waals surface area contributed by atoms with Gasteiger partial charge in [-0.1, -0.05) is 55.9 Å². The molecule has 2 aliphatic heterocycles. The van der Waals surface area contributed by atoms with Crippen LogP contribution in [0.1, 0.15) is 55.7 Å². The number of hydrogen-bond donors (Lipinski definition) is 2. The van der Waals surface area contributed by atoms with Crippen molar-refractivity contribution in [3.8, 4) is 5.75 Å². The zero-order valence-electron chi connectivity index (χ0n) is 20.5. The Hall–Kier alpha value is -2.72. The van der Waals surface area contributed by atoms with Gasteiger partial charge in [-0.25, -0.2) is 10.9 Å². The fraction of sp³-hybridized carbons (Fsp3) is 0.423. The molecule has 0 spiro atoms. The third-order valence-electron chi connectivity index (χ3n) is 6.80. The first-order valence-corrected chi connectivity index (χ1v) is 13.2. The van der Waals surface area contributed by atoms with Gasteiger partial charge in [-0.15, -0.1) is 10.2 Å². The summed E-state index contributed by atoms with van der Waals surface area (Å²) < 4.78 is 7.31. The van der Waals surface area contributed by atoms with Gasteiger partial charge in [0.2, 0.25) is 5.16 Å². The maximum Gasteiger partial charge on any atom is 0.212 e. The Morgan fingerprint density at radius 1 is 1.00 bits per heavy atom. The van der Waals surface area contributed by atoms with Crippen molar-refractivity contribution in [3.63, 3.8) is 0 Å². The molecule has 8 nitrogen and oxygen atoms in total. The zero-order chi connectivity index (χ0) is 24.2. The van der Waals surface area contributed by atoms with Crippen molar-refractivity contribution < 1.29 is 4.74 Å². The molecule has 0 saturated carbocycles. The summed E-state index contributed by atoms with van der Waals surface area (Å²) in [5.74, 6) is 1.68. The Labute approximate surface area is 211 Å². The number of methoxy groups -OCH3 is 1. The minimum Gasteiger partial charge on any atom is -0.497 e. The molecule has 0 bridgehead atoms. The first-order chi connectivity index (χ1) is 17.2. The lowest BCUT2D eigenvalue weighted by atomic mass is 10.0. The van der Waals surface area contributed by atoms with Gasteiger partial charge in [0.25, 0.3) is 0 Å². The second-order valence-electron chi connectivity index (χ2n) is 8.83. The van der Waals surface area contributed by atoms with Gasteiger partial charge in [-0.05, 0) is 67.9 Å². The average Bonchev–Trinajstić information content (AvgIpc) is 3.56. The number of rotatable bonds is 9. The normalized spacial score (nSPS) is 21.7. The van der Waals surface area contributed by atoms with E-state index in [4.69, 9.17) is 9.84 Å². The molecule has 3 unspecified atom stereocenters. The monoisotopic (exact) mass is 491 g/mol. The van der Waals surface area contributed by atoms with E-state index in [1.807, 2.05) is 22.9 Å². The molecule has 3 atom stereocenters. The fourth-order valence-corrected chi connectivity index (χ4v) is 5.78. The molecule has 0 amide bonds. The van der Waals surface area contributed by atoms with Gasteiger partial charge in [-0.2, -0.15) is 9.78 Å². The van der Waals surface area contributed by atoms with Gasteiger partial charge in [0, 0.05) is 6.04 Å². The average molecular weight is 492 g/mol. The zero-order valence-corrected chi connectivity index (χ0v) is 21.3. The highest BCUT2D eigenvalue weighted by atomic mass is 32.2. The second-order valence-corrected chi connectivity index (χ2v) is 10.00. The van der Waals surface area contributed by atoms with Crippen molar-refractivity contribution in [1.82, 2.24) is 30.6 Å². The number of hydrogen-bond acceptors (Lipinski definition) is 8. The molecule has 1 fully saturated rings. The molecular formula is C26H33N7OS. The van der Waals surface area contributed by atoms with Crippen molar-refractivity contribution in [2.24, 2.45) is 5.10 Å². The van der Waals surface area contributed by atoms with Gasteiger partial charge >= 0.3 is 0 Å². The first kappa shape index (κ1) is 24.0. The number of hydrazine groups is 1. The van der Waals surface area contributed by atoms with Crippen LogP contribution in [-0.2, 0) is 0 Å². The summed E-state index contributed by atoms with van der Waals surface area (Å²) in [5, 5.41) is 15.3. The second kappa shape index (κ2) is 10.9. The van der Waals surface area contributed by atoms with Crippen LogP contribution in [0.15, 0.2) is 64.9 Å². The highest BCUT2D eigenvalue weighted by Crippen LogP contribution is 2.36. The molecule has 1 aromatic heterocycles. The van der Waals surface area contributed by atoms with Crippen LogP contribution >= 0.6 is 11.8 Å². The molecular weight excluding hydrogens is 458 g/mol. The number of nitrogens with one attached hydrogen (secondary N) is 2. The summed E-state index contributed by atoms with van der Waals surface area (Å²) in [4.78, 5) is 2.45. The molecule has 2 aliphatic rings. The van der Waals surface area contributed by atoms with E-state index >= 15 is 0 Å². The van der Waals surface area contributed by atoms with Crippen LogP contribution in [0.25, 0.3) is 0 Å². The van der Waals surface area contributed by atoms with E-state index in [0.717, 1.165) is 60.5 Å². The molecule has 184 valence electrons. The maximum atomic E-state index is 5.38. The van der Waals surface area contributed by atoms with Crippen LogP contribution in [0.3, 0.4) is 0 Å². The largest absolute Gasteiger partial charge is 0.497 e. The Morgan fingerprint density at radius 2 is 1.74 bits per heavy atom. The molecule has 9 heteroatoms. The van der Waals surface area contributed by atoms with Crippen LogP contribution < -0.4 is 15.6 Å². The molecule has 3 aromatic rings. The lowest BCUT2D eigenvalue weighted by Gasteiger charge is -2.26. The summed E-state index contributed by atoms with van der Waals surface area (Å²) in [6.07, 6.45) is 1.88. The van der Waals surface area contributed by atoms with Gasteiger partial charge < -0.3 is 9.64 Å². The van der Waals surface area contributed by atoms with Crippen LogP contribution in [0, 0.1) is 0 Å². The quantitative estimate of drug-likeness (QED) is 0.468.